The van der Waals surface area contributed by atoms with E-state index in [9.17, 15) is 26.0 Å². The highest BCUT2D eigenvalue weighted by Gasteiger charge is 2.35. The number of rotatable bonds is 5. The molecule has 1 saturated heterocycles. The van der Waals surface area contributed by atoms with Crippen LogP contribution in [0.25, 0.3) is 0 Å². The molecule has 0 unspecified atom stereocenters. The molecule has 2 N–H and O–H groups in total. The standard InChI is InChI=1S/C18H17F4NO4S/c19-12-5-3-11(4-6-12)17(15-2-1-9-26-15)14-10-13(27-18(20,21)22)7-8-16(14)28(23,24)25/h3-8,10,15,17H,1-2,9H2,(H2,23,24,25)/t15-,17+/m0/s1. The summed E-state index contributed by atoms with van der Waals surface area (Å²) in [6.45, 7) is 0.422. The highest BCUT2D eigenvalue weighted by atomic mass is 32.2. The summed E-state index contributed by atoms with van der Waals surface area (Å²) in [5.41, 5.74) is 0.491. The summed E-state index contributed by atoms with van der Waals surface area (Å²) in [5.74, 6) is -1.86. The minimum atomic E-state index is -4.95. The Kier molecular flexibility index (Phi) is 5.64. The minimum absolute atomic E-state index is 0.00255. The Hall–Kier alpha value is -2.17. The van der Waals surface area contributed by atoms with Crippen molar-refractivity contribution in [3.05, 3.63) is 59.4 Å². The summed E-state index contributed by atoms with van der Waals surface area (Å²) in [6.07, 6.45) is -4.20. The van der Waals surface area contributed by atoms with Gasteiger partial charge in [-0.05, 0) is 54.3 Å². The van der Waals surface area contributed by atoms with Gasteiger partial charge in [0.25, 0.3) is 0 Å². The Morgan fingerprint density at radius 3 is 2.36 bits per heavy atom. The van der Waals surface area contributed by atoms with Crippen LogP contribution in [-0.4, -0.2) is 27.5 Å². The zero-order valence-electron chi connectivity index (χ0n) is 14.4. The van der Waals surface area contributed by atoms with Crippen molar-refractivity contribution in [3.63, 3.8) is 0 Å². The van der Waals surface area contributed by atoms with Gasteiger partial charge in [-0.2, -0.15) is 0 Å². The van der Waals surface area contributed by atoms with Crippen molar-refractivity contribution >= 4 is 10.0 Å². The third-order valence-electron chi connectivity index (χ3n) is 4.42. The second-order valence-corrected chi connectivity index (χ2v) is 7.90. The molecule has 0 amide bonds. The van der Waals surface area contributed by atoms with Crippen LogP contribution in [0, 0.1) is 5.82 Å². The van der Waals surface area contributed by atoms with Crippen LogP contribution in [0.4, 0.5) is 17.6 Å². The van der Waals surface area contributed by atoms with Gasteiger partial charge in [0.05, 0.1) is 11.0 Å². The molecule has 0 spiro atoms. The molecule has 2 aromatic rings. The lowest BCUT2D eigenvalue weighted by Crippen LogP contribution is -2.24. The molecule has 1 fully saturated rings. The fraction of sp³-hybridized carbons (Fsp3) is 0.333. The molecule has 1 aliphatic heterocycles. The molecule has 0 aliphatic carbocycles. The van der Waals surface area contributed by atoms with Gasteiger partial charge in [-0.1, -0.05) is 12.1 Å². The quantitative estimate of drug-likeness (QED) is 0.750. The fourth-order valence-electron chi connectivity index (χ4n) is 3.36. The van der Waals surface area contributed by atoms with Crippen molar-refractivity contribution in [2.45, 2.75) is 36.1 Å². The highest BCUT2D eigenvalue weighted by Crippen LogP contribution is 2.39. The van der Waals surface area contributed by atoms with Gasteiger partial charge in [0, 0.05) is 12.5 Å². The average Bonchev–Trinajstić information content (AvgIpc) is 3.08. The van der Waals surface area contributed by atoms with Crippen LogP contribution in [0.3, 0.4) is 0 Å². The largest absolute Gasteiger partial charge is 0.573 e. The maximum Gasteiger partial charge on any atom is 0.573 e. The molecular formula is C18H17F4NO4S. The molecular weight excluding hydrogens is 402 g/mol. The van der Waals surface area contributed by atoms with E-state index in [1.807, 2.05) is 0 Å². The average molecular weight is 419 g/mol. The number of alkyl halides is 3. The van der Waals surface area contributed by atoms with Crippen LogP contribution < -0.4 is 9.88 Å². The second-order valence-electron chi connectivity index (χ2n) is 6.37. The number of primary sulfonamides is 1. The molecule has 10 heteroatoms. The molecule has 2 atom stereocenters. The molecule has 0 aromatic heterocycles. The van der Waals surface area contributed by atoms with E-state index in [1.54, 1.807) is 0 Å². The number of nitrogens with two attached hydrogens (primary N) is 1. The Bertz CT molecular complexity index is 939. The van der Waals surface area contributed by atoms with Gasteiger partial charge in [0.1, 0.15) is 11.6 Å². The van der Waals surface area contributed by atoms with Crippen molar-refractivity contribution in [1.29, 1.82) is 0 Å². The molecule has 1 heterocycles. The Labute approximate surface area is 159 Å². The van der Waals surface area contributed by atoms with Gasteiger partial charge >= 0.3 is 6.36 Å². The van der Waals surface area contributed by atoms with Gasteiger partial charge < -0.3 is 9.47 Å². The first-order valence-electron chi connectivity index (χ1n) is 8.34. The van der Waals surface area contributed by atoms with Crippen LogP contribution >= 0.6 is 0 Å². The summed E-state index contributed by atoms with van der Waals surface area (Å²) in [7, 11) is -4.25. The van der Waals surface area contributed by atoms with Gasteiger partial charge in [-0.15, -0.1) is 13.2 Å². The van der Waals surface area contributed by atoms with E-state index in [2.05, 4.69) is 4.74 Å². The monoisotopic (exact) mass is 419 g/mol. The molecule has 152 valence electrons. The molecule has 3 rings (SSSR count). The third-order valence-corrected chi connectivity index (χ3v) is 5.41. The summed E-state index contributed by atoms with van der Waals surface area (Å²) in [5, 5.41) is 5.28. The third kappa shape index (κ3) is 4.81. The Morgan fingerprint density at radius 2 is 1.82 bits per heavy atom. The van der Waals surface area contributed by atoms with Gasteiger partial charge in [-0.3, -0.25) is 0 Å². The van der Waals surface area contributed by atoms with Gasteiger partial charge in [0.2, 0.25) is 10.0 Å². The topological polar surface area (TPSA) is 78.6 Å². The zero-order valence-corrected chi connectivity index (χ0v) is 15.3. The first kappa shape index (κ1) is 20.6. The highest BCUT2D eigenvalue weighted by molar-refractivity contribution is 7.89. The number of hydrogen-bond acceptors (Lipinski definition) is 4. The molecule has 1 aliphatic rings. The van der Waals surface area contributed by atoms with Crippen LogP contribution in [0.1, 0.15) is 29.9 Å². The Balaban J connectivity index is 2.18. The van der Waals surface area contributed by atoms with E-state index in [4.69, 9.17) is 9.88 Å². The van der Waals surface area contributed by atoms with Crippen molar-refractivity contribution in [3.8, 4) is 5.75 Å². The predicted molar refractivity (Wildman–Crippen MR) is 91.7 cm³/mol. The lowest BCUT2D eigenvalue weighted by molar-refractivity contribution is -0.274. The maximum absolute atomic E-state index is 13.4. The summed E-state index contributed by atoms with van der Waals surface area (Å²) in [6, 6.07) is 8.08. The SMILES string of the molecule is NS(=O)(=O)c1ccc(OC(F)(F)F)cc1[C@@H](c1ccc(F)cc1)[C@@H]1CCCO1. The number of hydrogen-bond donors (Lipinski definition) is 1. The summed E-state index contributed by atoms with van der Waals surface area (Å²) in [4.78, 5) is -0.341. The van der Waals surface area contributed by atoms with Gasteiger partial charge in [-0.25, -0.2) is 17.9 Å². The lowest BCUT2D eigenvalue weighted by Gasteiger charge is -2.26. The predicted octanol–water partition coefficient (Wildman–Crippen LogP) is 3.68. The van der Waals surface area contributed by atoms with Crippen LogP contribution in [-0.2, 0) is 14.8 Å². The number of benzene rings is 2. The summed E-state index contributed by atoms with van der Waals surface area (Å²) < 4.78 is 85.0. The first-order chi connectivity index (χ1) is 13.0. The Morgan fingerprint density at radius 1 is 1.14 bits per heavy atom. The molecule has 0 bridgehead atoms. The van der Waals surface area contributed by atoms with E-state index < -0.39 is 40.0 Å². The van der Waals surface area contributed by atoms with Crippen molar-refractivity contribution in [2.75, 3.05) is 6.61 Å². The van der Waals surface area contributed by atoms with Crippen LogP contribution in [0.2, 0.25) is 0 Å². The molecule has 5 nitrogen and oxygen atoms in total. The molecule has 0 saturated carbocycles. The molecule has 28 heavy (non-hydrogen) atoms. The number of sulfonamides is 1. The summed E-state index contributed by atoms with van der Waals surface area (Å²) >= 11 is 0. The van der Waals surface area contributed by atoms with E-state index in [-0.39, 0.29) is 10.5 Å². The van der Waals surface area contributed by atoms with E-state index in [0.29, 0.717) is 25.0 Å². The smallest absolute Gasteiger partial charge is 0.406 e. The van der Waals surface area contributed by atoms with Crippen molar-refractivity contribution in [2.24, 2.45) is 5.14 Å². The van der Waals surface area contributed by atoms with Gasteiger partial charge in [0.15, 0.2) is 0 Å². The van der Waals surface area contributed by atoms with Crippen molar-refractivity contribution < 1.29 is 35.5 Å². The van der Waals surface area contributed by atoms with E-state index in [0.717, 1.165) is 18.2 Å². The van der Waals surface area contributed by atoms with Crippen molar-refractivity contribution in [1.82, 2.24) is 0 Å². The van der Waals surface area contributed by atoms with E-state index in [1.165, 1.54) is 24.3 Å². The first-order valence-corrected chi connectivity index (χ1v) is 9.89. The molecule has 2 aromatic carbocycles. The minimum Gasteiger partial charge on any atom is -0.406 e. The van der Waals surface area contributed by atoms with Crippen LogP contribution in [0.5, 0.6) is 5.75 Å². The van der Waals surface area contributed by atoms with E-state index >= 15 is 0 Å². The maximum atomic E-state index is 13.4. The zero-order chi connectivity index (χ0) is 20.5. The molecule has 0 radical (unpaired) electrons. The lowest BCUT2D eigenvalue weighted by atomic mass is 9.85. The number of ether oxygens (including phenoxy) is 2. The second kappa shape index (κ2) is 7.69. The number of halogens is 4. The normalized spacial score (nSPS) is 18.8. The fourth-order valence-corrected chi connectivity index (χ4v) is 4.13. The van der Waals surface area contributed by atoms with Crippen LogP contribution in [0.15, 0.2) is 47.4 Å².